The van der Waals surface area contributed by atoms with Crippen LogP contribution in [0.5, 0.6) is 0 Å². The highest BCUT2D eigenvalue weighted by molar-refractivity contribution is 9.10. The summed E-state index contributed by atoms with van der Waals surface area (Å²) in [4.78, 5) is 37.7. The Balaban J connectivity index is 1.79. The second-order valence-corrected chi connectivity index (χ2v) is 7.13. The molecule has 1 fully saturated rings. The van der Waals surface area contributed by atoms with E-state index in [2.05, 4.69) is 15.9 Å². The number of carbonyl (C=O) groups is 3. The third kappa shape index (κ3) is 3.88. The van der Waals surface area contributed by atoms with E-state index < -0.39 is 17.0 Å². The van der Waals surface area contributed by atoms with Crippen molar-refractivity contribution in [3.05, 3.63) is 74.9 Å². The number of rotatable bonds is 4. The molecule has 25 heavy (non-hydrogen) atoms. The number of hydrogen-bond donors (Lipinski definition) is 0. The van der Waals surface area contributed by atoms with Gasteiger partial charge in [0.2, 0.25) is 0 Å². The van der Waals surface area contributed by atoms with E-state index in [0.717, 1.165) is 9.37 Å². The summed E-state index contributed by atoms with van der Waals surface area (Å²) in [6.45, 7) is -0.346. The maximum absolute atomic E-state index is 13.7. The fourth-order valence-electron chi connectivity index (χ4n) is 2.24. The summed E-state index contributed by atoms with van der Waals surface area (Å²) in [7, 11) is 0. The lowest BCUT2D eigenvalue weighted by Crippen LogP contribution is -2.33. The molecule has 0 aromatic heterocycles. The summed E-state index contributed by atoms with van der Waals surface area (Å²) in [5.41, 5.74) is 0.618. The fraction of sp³-hybridized carbons (Fsp3) is 0.0556. The van der Waals surface area contributed by atoms with E-state index in [1.807, 2.05) is 0 Å². The Bertz CT molecular complexity index is 895. The molecule has 0 saturated carbocycles. The standard InChI is InChI=1S/C18H11BrFNO3S/c19-13-7-5-11(6-8-13)15(22)10-21-17(23)16(25-18(21)24)9-12-3-1-2-4-14(12)20/h1-9H,10H2/b16-9+. The number of ketones is 1. The first-order valence-corrected chi connectivity index (χ1v) is 8.85. The highest BCUT2D eigenvalue weighted by atomic mass is 79.9. The highest BCUT2D eigenvalue weighted by Gasteiger charge is 2.36. The molecule has 2 amide bonds. The third-order valence-electron chi connectivity index (χ3n) is 3.53. The molecule has 3 rings (SSSR count). The molecule has 0 spiro atoms. The molecule has 2 aromatic rings. The zero-order valence-corrected chi connectivity index (χ0v) is 15.1. The summed E-state index contributed by atoms with van der Waals surface area (Å²) in [5, 5.41) is -0.543. The van der Waals surface area contributed by atoms with E-state index in [1.54, 1.807) is 30.3 Å². The summed E-state index contributed by atoms with van der Waals surface area (Å²) in [6, 6.07) is 12.6. The van der Waals surface area contributed by atoms with Gasteiger partial charge in [0.1, 0.15) is 5.82 Å². The van der Waals surface area contributed by atoms with E-state index >= 15 is 0 Å². The van der Waals surface area contributed by atoms with Crippen LogP contribution in [0.15, 0.2) is 57.9 Å². The molecule has 1 aliphatic heterocycles. The predicted molar refractivity (Wildman–Crippen MR) is 97.5 cm³/mol. The van der Waals surface area contributed by atoms with E-state index in [4.69, 9.17) is 0 Å². The summed E-state index contributed by atoms with van der Waals surface area (Å²) < 4.78 is 14.5. The van der Waals surface area contributed by atoms with Crippen molar-refractivity contribution in [3.63, 3.8) is 0 Å². The molecule has 1 saturated heterocycles. The molecule has 7 heteroatoms. The summed E-state index contributed by atoms with van der Waals surface area (Å²) in [6.07, 6.45) is 1.32. The first-order valence-electron chi connectivity index (χ1n) is 7.24. The smallest absolute Gasteiger partial charge is 0.292 e. The molecule has 0 atom stereocenters. The van der Waals surface area contributed by atoms with Gasteiger partial charge in [0, 0.05) is 15.6 Å². The van der Waals surface area contributed by atoms with Gasteiger partial charge in [-0.15, -0.1) is 0 Å². The Morgan fingerprint density at radius 2 is 1.80 bits per heavy atom. The van der Waals surface area contributed by atoms with Gasteiger partial charge in [0.15, 0.2) is 5.78 Å². The minimum atomic E-state index is -0.594. The van der Waals surface area contributed by atoms with Crippen molar-refractivity contribution in [3.8, 4) is 0 Å². The Morgan fingerprint density at radius 3 is 2.48 bits per heavy atom. The van der Waals surface area contributed by atoms with Crippen LogP contribution in [0.1, 0.15) is 15.9 Å². The molecular weight excluding hydrogens is 409 g/mol. The lowest BCUT2D eigenvalue weighted by molar-refractivity contribution is -0.122. The Morgan fingerprint density at radius 1 is 1.12 bits per heavy atom. The predicted octanol–water partition coefficient (Wildman–Crippen LogP) is 4.51. The van der Waals surface area contributed by atoms with Crippen LogP contribution in [-0.2, 0) is 4.79 Å². The largest absolute Gasteiger partial charge is 0.293 e. The van der Waals surface area contributed by atoms with Crippen molar-refractivity contribution < 1.29 is 18.8 Å². The van der Waals surface area contributed by atoms with E-state index in [1.165, 1.54) is 24.3 Å². The van der Waals surface area contributed by atoms with Crippen molar-refractivity contribution in [1.29, 1.82) is 0 Å². The van der Waals surface area contributed by atoms with E-state index in [9.17, 15) is 18.8 Å². The topological polar surface area (TPSA) is 54.5 Å². The van der Waals surface area contributed by atoms with E-state index in [0.29, 0.717) is 17.3 Å². The summed E-state index contributed by atoms with van der Waals surface area (Å²) >= 11 is 3.97. The zero-order valence-electron chi connectivity index (χ0n) is 12.7. The van der Waals surface area contributed by atoms with Gasteiger partial charge in [-0.1, -0.05) is 46.3 Å². The maximum atomic E-state index is 13.7. The SMILES string of the molecule is O=C(CN1C(=O)S/C(=C/c2ccccc2F)C1=O)c1ccc(Br)cc1. The van der Waals surface area contributed by atoms with Crippen molar-refractivity contribution in [1.82, 2.24) is 4.90 Å². The average Bonchev–Trinajstić information content (AvgIpc) is 2.85. The lowest BCUT2D eigenvalue weighted by Gasteiger charge is -2.11. The van der Waals surface area contributed by atoms with E-state index in [-0.39, 0.29) is 22.8 Å². The second kappa shape index (κ2) is 7.33. The van der Waals surface area contributed by atoms with Crippen LogP contribution in [0, 0.1) is 5.82 Å². The van der Waals surface area contributed by atoms with Gasteiger partial charge >= 0.3 is 0 Å². The van der Waals surface area contributed by atoms with Crippen LogP contribution < -0.4 is 0 Å². The quantitative estimate of drug-likeness (QED) is 0.540. The van der Waals surface area contributed by atoms with Crippen LogP contribution in [-0.4, -0.2) is 28.4 Å². The van der Waals surface area contributed by atoms with Gasteiger partial charge in [-0.25, -0.2) is 4.39 Å². The minimum absolute atomic E-state index is 0.0960. The number of nitrogens with zero attached hydrogens (tertiary/aromatic N) is 1. The number of hydrogen-bond acceptors (Lipinski definition) is 4. The van der Waals surface area contributed by atoms with Gasteiger partial charge < -0.3 is 0 Å². The number of carbonyl (C=O) groups excluding carboxylic acids is 3. The first-order chi connectivity index (χ1) is 12.0. The molecule has 0 unspecified atom stereocenters. The Hall–Kier alpha value is -2.25. The molecular formula is C18H11BrFNO3S. The molecule has 1 aliphatic rings. The van der Waals surface area contributed by atoms with Crippen LogP contribution in [0.25, 0.3) is 6.08 Å². The first kappa shape index (κ1) is 17.6. The normalized spacial score (nSPS) is 15.9. The molecule has 0 N–H and O–H groups in total. The highest BCUT2D eigenvalue weighted by Crippen LogP contribution is 2.32. The Labute approximate surface area is 155 Å². The average molecular weight is 420 g/mol. The van der Waals surface area contributed by atoms with Crippen molar-refractivity contribution in [2.45, 2.75) is 0 Å². The molecule has 0 radical (unpaired) electrons. The lowest BCUT2D eigenvalue weighted by atomic mass is 10.1. The van der Waals surface area contributed by atoms with Crippen LogP contribution >= 0.6 is 27.7 Å². The van der Waals surface area contributed by atoms with Gasteiger partial charge in [-0.05, 0) is 36.0 Å². The molecule has 1 heterocycles. The fourth-order valence-corrected chi connectivity index (χ4v) is 3.33. The third-order valence-corrected chi connectivity index (χ3v) is 4.97. The molecule has 0 bridgehead atoms. The minimum Gasteiger partial charge on any atom is -0.292 e. The van der Waals surface area contributed by atoms with Crippen molar-refractivity contribution >= 4 is 50.7 Å². The molecule has 4 nitrogen and oxygen atoms in total. The number of halogens is 2. The van der Waals surface area contributed by atoms with Gasteiger partial charge in [-0.2, -0.15) is 0 Å². The number of amides is 2. The Kier molecular flexibility index (Phi) is 5.15. The van der Waals surface area contributed by atoms with Gasteiger partial charge in [-0.3, -0.25) is 19.3 Å². The van der Waals surface area contributed by atoms with Crippen molar-refractivity contribution in [2.75, 3.05) is 6.54 Å². The zero-order chi connectivity index (χ0) is 18.0. The van der Waals surface area contributed by atoms with Gasteiger partial charge in [0.25, 0.3) is 11.1 Å². The molecule has 126 valence electrons. The number of benzene rings is 2. The second-order valence-electron chi connectivity index (χ2n) is 5.22. The number of imide groups is 1. The maximum Gasteiger partial charge on any atom is 0.293 e. The van der Waals surface area contributed by atoms with Crippen LogP contribution in [0.3, 0.4) is 0 Å². The van der Waals surface area contributed by atoms with Crippen molar-refractivity contribution in [2.24, 2.45) is 0 Å². The number of Topliss-reactive ketones (excluding diaryl/α,β-unsaturated/α-hetero) is 1. The summed E-state index contributed by atoms with van der Waals surface area (Å²) in [5.74, 6) is -1.43. The van der Waals surface area contributed by atoms with Gasteiger partial charge in [0.05, 0.1) is 11.4 Å². The van der Waals surface area contributed by atoms with Crippen LogP contribution in [0.4, 0.5) is 9.18 Å². The van der Waals surface area contributed by atoms with Crippen LogP contribution in [0.2, 0.25) is 0 Å². The molecule has 2 aromatic carbocycles. The monoisotopic (exact) mass is 419 g/mol. The molecule has 0 aliphatic carbocycles. The number of thioether (sulfide) groups is 1.